The Balaban J connectivity index is 0. The number of hydrogen-bond acceptors (Lipinski definition) is 4. The summed E-state index contributed by atoms with van der Waals surface area (Å²) in [5, 5.41) is 0. The molecule has 0 unspecified atom stereocenters. The van der Waals surface area contributed by atoms with Crippen LogP contribution in [0.15, 0.2) is 0 Å². The van der Waals surface area contributed by atoms with E-state index >= 15 is 0 Å². The third kappa shape index (κ3) is 107. The van der Waals surface area contributed by atoms with Gasteiger partial charge in [0.2, 0.25) is 0 Å². The van der Waals surface area contributed by atoms with Gasteiger partial charge in [0, 0.05) is 51.2 Å². The Morgan fingerprint density at radius 2 is 0.400 bits per heavy atom. The Morgan fingerprint density at radius 1 is 0.400 bits per heavy atom. The number of rotatable bonds is 0. The summed E-state index contributed by atoms with van der Waals surface area (Å²) >= 11 is 0. The zero-order valence-corrected chi connectivity index (χ0v) is 12.2. The molecule has 0 aromatic heterocycles. The molecule has 78 valence electrons. The van der Waals surface area contributed by atoms with Crippen LogP contribution in [0.2, 0.25) is 0 Å². The summed E-state index contributed by atoms with van der Waals surface area (Å²) in [5.41, 5.74) is 0. The van der Waals surface area contributed by atoms with E-state index in [9.17, 15) is 0 Å². The van der Waals surface area contributed by atoms with E-state index in [2.05, 4.69) is 0 Å². The molecule has 0 rings (SSSR count). The van der Waals surface area contributed by atoms with Gasteiger partial charge in [0.1, 0.15) is 0 Å². The molecule has 0 radical (unpaired) electrons. The number of thiol groups is 4. The van der Waals surface area contributed by atoms with Crippen LogP contribution in [-0.4, -0.2) is 11.0 Å². The van der Waals surface area contributed by atoms with E-state index in [0.29, 0.717) is 0 Å². The maximum absolute atomic E-state index is 0. The van der Waals surface area contributed by atoms with Crippen molar-refractivity contribution in [2.75, 3.05) is 0 Å². The Labute approximate surface area is 131 Å². The van der Waals surface area contributed by atoms with Crippen molar-refractivity contribution in [2.45, 2.75) is 0 Å². The summed E-state index contributed by atoms with van der Waals surface area (Å²) in [6.45, 7) is 0. The molecule has 0 aliphatic heterocycles. The SMILES string of the molecule is O.O.[Fe+2].[Fe].[Fe].[Fe].[SH-].[SH-].[SH-].[SH-]. The molecule has 0 aromatic carbocycles. The molecule has 10 heteroatoms. The van der Waals surface area contributed by atoms with Crippen LogP contribution in [-0.2, 0) is 122 Å². The molecule has 2 nitrogen and oxygen atoms in total. The Kier molecular flexibility index (Phi) is 2490. The van der Waals surface area contributed by atoms with E-state index in [4.69, 9.17) is 0 Å². The normalized spacial score (nSPS) is 0. The molecule has 0 saturated heterocycles. The second kappa shape index (κ2) is 139. The van der Waals surface area contributed by atoms with E-state index in [1.807, 2.05) is 0 Å². The second-order valence-electron chi connectivity index (χ2n) is 0. The standard InChI is InChI=1S/4Fe.2H2O.4H2S/h;;;;6*1H2/q;;;+2;;;;;;/p-4. The first kappa shape index (κ1) is 178. The molecule has 0 heterocycles. The van der Waals surface area contributed by atoms with Crippen LogP contribution in [0.5, 0.6) is 0 Å². The van der Waals surface area contributed by atoms with Crippen LogP contribution in [0.1, 0.15) is 0 Å². The van der Waals surface area contributed by atoms with Gasteiger partial charge in [-0.2, -0.15) is 0 Å². The molecule has 0 aromatic rings. The fourth-order valence-electron chi connectivity index (χ4n) is 0. The molecular weight excluding hydrogens is 384 g/mol. The van der Waals surface area contributed by atoms with E-state index in [-0.39, 0.29) is 133 Å². The smallest absolute Gasteiger partial charge is 0.813 e. The van der Waals surface area contributed by atoms with Gasteiger partial charge >= 0.3 is 17.1 Å². The number of hydrogen-bond donors (Lipinski definition) is 0. The van der Waals surface area contributed by atoms with Gasteiger partial charge in [0.15, 0.2) is 0 Å². The summed E-state index contributed by atoms with van der Waals surface area (Å²) in [6.07, 6.45) is 0. The van der Waals surface area contributed by atoms with Crippen molar-refractivity contribution in [3.8, 4) is 0 Å². The molecular formula is H8Fe4O2S4-2. The largest absolute Gasteiger partial charge is 2.00 e. The maximum Gasteiger partial charge on any atom is 2.00 e. The van der Waals surface area contributed by atoms with Crippen LogP contribution >= 0.6 is 0 Å². The predicted molar refractivity (Wildman–Crippen MR) is 42.3 cm³/mol. The van der Waals surface area contributed by atoms with Gasteiger partial charge in [-0.1, -0.05) is 0 Å². The fourth-order valence-corrected chi connectivity index (χ4v) is 0. The second-order valence-corrected chi connectivity index (χ2v) is 0. The minimum atomic E-state index is 0. The van der Waals surface area contributed by atoms with E-state index in [1.165, 1.54) is 0 Å². The van der Waals surface area contributed by atoms with E-state index < -0.39 is 0 Å². The molecule has 0 bridgehead atoms. The summed E-state index contributed by atoms with van der Waals surface area (Å²) < 4.78 is 0. The first-order valence-corrected chi connectivity index (χ1v) is 0. The van der Waals surface area contributed by atoms with Crippen molar-refractivity contribution in [1.29, 1.82) is 0 Å². The third-order valence-electron chi connectivity index (χ3n) is 0. The van der Waals surface area contributed by atoms with Crippen LogP contribution < -0.4 is 0 Å². The van der Waals surface area contributed by atoms with E-state index in [0.717, 1.165) is 0 Å². The van der Waals surface area contributed by atoms with Crippen LogP contribution in [0, 0.1) is 0 Å². The van der Waals surface area contributed by atoms with Crippen LogP contribution in [0.25, 0.3) is 0 Å². The Hall–Kier alpha value is 3.40. The van der Waals surface area contributed by atoms with Crippen molar-refractivity contribution in [1.82, 2.24) is 0 Å². The summed E-state index contributed by atoms with van der Waals surface area (Å²) in [5.74, 6) is 0. The van der Waals surface area contributed by atoms with Gasteiger partial charge in [-0.15, -0.1) is 0 Å². The van der Waals surface area contributed by atoms with Crippen molar-refractivity contribution in [3.63, 3.8) is 0 Å². The van der Waals surface area contributed by atoms with Gasteiger partial charge < -0.3 is 64.9 Å². The van der Waals surface area contributed by atoms with Crippen molar-refractivity contribution >= 4 is 54.0 Å². The first-order valence-electron chi connectivity index (χ1n) is 0. The fraction of sp³-hybridized carbons (Fsp3) is 0. The van der Waals surface area contributed by atoms with Crippen LogP contribution in [0.3, 0.4) is 0 Å². The molecule has 0 aliphatic rings. The quantitative estimate of drug-likeness (QED) is 0.255. The molecule has 4 N–H and O–H groups in total. The van der Waals surface area contributed by atoms with Gasteiger partial charge in [-0.3, -0.25) is 0 Å². The summed E-state index contributed by atoms with van der Waals surface area (Å²) in [7, 11) is 0. The predicted octanol–water partition coefficient (Wildman–Crippen LogP) is -2.74. The maximum atomic E-state index is 0. The van der Waals surface area contributed by atoms with Gasteiger partial charge in [0.25, 0.3) is 0 Å². The minimum Gasteiger partial charge on any atom is -0.813 e. The molecule has 0 atom stereocenters. The van der Waals surface area contributed by atoms with Gasteiger partial charge in [0.05, 0.1) is 0 Å². The molecule has 0 aliphatic carbocycles. The molecule has 0 spiro atoms. The summed E-state index contributed by atoms with van der Waals surface area (Å²) in [4.78, 5) is 0. The Morgan fingerprint density at radius 3 is 0.400 bits per heavy atom. The van der Waals surface area contributed by atoms with Crippen LogP contribution in [0.4, 0.5) is 0 Å². The topological polar surface area (TPSA) is 63.0 Å². The first-order chi connectivity index (χ1) is 0. The van der Waals surface area contributed by atoms with Gasteiger partial charge in [-0.05, 0) is 0 Å². The average molecular weight is 392 g/mol. The zero-order chi connectivity index (χ0) is 0. The zero-order valence-electron chi connectivity index (χ0n) is 4.20. The molecule has 0 amide bonds. The molecule has 0 fully saturated rings. The van der Waals surface area contributed by atoms with Crippen molar-refractivity contribution < 1.29 is 79.2 Å². The Bertz CT molecular complexity index is 15.2. The monoisotopic (exact) mass is 392 g/mol. The van der Waals surface area contributed by atoms with E-state index in [1.54, 1.807) is 0 Å². The van der Waals surface area contributed by atoms with Crippen molar-refractivity contribution in [3.05, 3.63) is 0 Å². The minimum absolute atomic E-state index is 0. The third-order valence-corrected chi connectivity index (χ3v) is 0. The summed E-state index contributed by atoms with van der Waals surface area (Å²) in [6, 6.07) is 0. The van der Waals surface area contributed by atoms with Crippen molar-refractivity contribution in [2.24, 2.45) is 0 Å². The molecule has 0 saturated carbocycles. The average Bonchev–Trinajstić information content (AvgIpc) is 0. The van der Waals surface area contributed by atoms with Gasteiger partial charge in [-0.25, -0.2) is 0 Å². The molecule has 10 heavy (non-hydrogen) atoms.